The van der Waals surface area contributed by atoms with Gasteiger partial charge in [-0.05, 0) is 94.1 Å². The van der Waals surface area contributed by atoms with E-state index < -0.39 is 0 Å². The zero-order valence-electron chi connectivity index (χ0n) is 58.7. The Morgan fingerprint density at radius 3 is 1.43 bits per heavy atom. The van der Waals surface area contributed by atoms with Crippen molar-refractivity contribution in [3.8, 4) is 0 Å². The van der Waals surface area contributed by atoms with Crippen molar-refractivity contribution in [3.63, 3.8) is 0 Å². The Labute approximate surface area is 576 Å². The van der Waals surface area contributed by atoms with Gasteiger partial charge in [0, 0.05) is 29.2 Å². The molecule has 6 aromatic heterocycles. The van der Waals surface area contributed by atoms with Gasteiger partial charge in [0.25, 0.3) is 0 Å². The van der Waals surface area contributed by atoms with Gasteiger partial charge in [0.15, 0.2) is 0 Å². The zero-order valence-corrected chi connectivity index (χ0v) is 71.2. The zero-order chi connectivity index (χ0) is 62.1. The van der Waals surface area contributed by atoms with Crippen LogP contribution in [0.25, 0.3) is 43.5 Å². The maximum absolute atomic E-state index is 5.29. The third-order valence-electron chi connectivity index (χ3n) is 12.1. The molecule has 0 aliphatic rings. The number of thiophene rings is 1. The standard InChI is InChI=1S/2C16H23N2.C14H19N2.C11H14NOS.2C4H9.2C3H7.4W/c1-10-8-11(2)15-14(12(10)3)17-13(4)18(15)9-16(5,6)7;1-10-8-11(2)14-15(12(10)3)18(13(4)17-14)9-16(5,6)7;1-8(2)6-13-10(4)12-7-9(3)11(5)15-14(12)16-13;1-7-8(5-11(2,3)4)9-10(14-7)12-6-13-9;2*1-4(2)3;2*1-3-2;;;;/h2*9H2,1-7H3;8H,6H2,1-5H3,(H,15,16);5H2,1-4H3;2*1-3H3;2*3H,1-2H3;;;;/q8*-1;4*+2. The van der Waals surface area contributed by atoms with Gasteiger partial charge in [-0.25, -0.2) is 0 Å². The molecule has 0 aliphatic carbocycles. The summed E-state index contributed by atoms with van der Waals surface area (Å²) in [6, 6.07) is 10.3. The van der Waals surface area contributed by atoms with Gasteiger partial charge < -0.3 is 53.2 Å². The summed E-state index contributed by atoms with van der Waals surface area (Å²) in [5.41, 5.74) is 21.0. The molecule has 0 fully saturated rings. The SMILES string of the molecule is C[C-](C)C.C[C-](C)C.C[CH-]C.C[CH-]C.Cc1[c-]c(C)c2c(nc(C)n2CC(C)(C)C)c1C.Cc1[c-]c(C)c2nc(C)n(CC(C)(C)C)c2c1C.Cc1[c-]c2c(C)c(CC(C)C)[nH]c2nc1C.Cc1sc2n[c-]oc2c1CC(C)(C)C.[W+2].[W+2].[W+2].[W+2]. The molecule has 0 atom stereocenters. The molecule has 0 amide bonds. The van der Waals surface area contributed by atoms with E-state index in [2.05, 4.69) is 243 Å². The number of H-pyrrole nitrogens is 1. The number of oxazole rings is 1. The number of aromatic nitrogens is 7. The van der Waals surface area contributed by atoms with E-state index in [-0.39, 0.29) is 101 Å². The first-order valence-corrected chi connectivity index (χ1v) is 29.8. The maximum Gasteiger partial charge on any atom is 2.00 e. The Kier molecular flexibility index (Phi) is 42.0. The van der Waals surface area contributed by atoms with Crippen LogP contribution in [0.3, 0.4) is 0 Å². The molecule has 1 N–H and O–H groups in total. The fraction of sp³-hybridized carbons (Fsp3) is 0.577. The molecule has 8 aromatic rings. The molecule has 466 valence electrons. The minimum absolute atomic E-state index is 0. The molecule has 0 spiro atoms. The van der Waals surface area contributed by atoms with Crippen LogP contribution in [0.2, 0.25) is 0 Å². The Hall–Kier alpha value is -2.01. The van der Waals surface area contributed by atoms with Gasteiger partial charge in [-0.15, -0.1) is 44.8 Å². The van der Waals surface area contributed by atoms with E-state index in [1.165, 1.54) is 72.4 Å². The van der Waals surface area contributed by atoms with E-state index in [0.29, 0.717) is 5.92 Å². The fourth-order valence-corrected chi connectivity index (χ4v) is 9.46. The largest absolute Gasteiger partial charge is 2.00 e. The van der Waals surface area contributed by atoms with E-state index in [1.807, 2.05) is 47.5 Å². The number of hydrogen-bond acceptors (Lipinski definition) is 6. The van der Waals surface area contributed by atoms with Crippen LogP contribution in [0.5, 0.6) is 0 Å². The molecule has 2 aromatic carbocycles. The summed E-state index contributed by atoms with van der Waals surface area (Å²) in [5, 5.41) is 1.15. The molecule has 0 bridgehead atoms. The predicted octanol–water partition coefficient (Wildman–Crippen LogP) is 21.0. The van der Waals surface area contributed by atoms with Crippen LogP contribution in [-0.4, -0.2) is 34.1 Å². The number of benzene rings is 2. The summed E-state index contributed by atoms with van der Waals surface area (Å²) in [7, 11) is 0. The monoisotopic (exact) mass is 1850 g/mol. The molecule has 0 saturated carbocycles. The molecule has 0 saturated heterocycles. The molecular weight excluding hydrogens is 1730 g/mol. The van der Waals surface area contributed by atoms with E-state index >= 15 is 0 Å². The minimum Gasteiger partial charge on any atom is -0.572 e. The Bertz CT molecular complexity index is 3130. The van der Waals surface area contributed by atoms with Crippen molar-refractivity contribution in [2.45, 2.75) is 254 Å². The maximum atomic E-state index is 5.29. The van der Waals surface area contributed by atoms with E-state index in [9.17, 15) is 0 Å². The number of fused-ring (bicyclic) bond motifs is 4. The van der Waals surface area contributed by atoms with Crippen LogP contribution < -0.4 is 0 Å². The van der Waals surface area contributed by atoms with E-state index in [0.717, 1.165) is 86.9 Å². The third-order valence-corrected chi connectivity index (χ3v) is 13.1. The second-order valence-corrected chi connectivity index (χ2v) is 28.2. The number of hydrogen-bond donors (Lipinski definition) is 1. The van der Waals surface area contributed by atoms with E-state index in [4.69, 9.17) is 14.4 Å². The third kappa shape index (κ3) is 29.1. The van der Waals surface area contributed by atoms with Crippen molar-refractivity contribution in [2.75, 3.05) is 0 Å². The molecule has 0 unspecified atom stereocenters. The fourth-order valence-electron chi connectivity index (χ4n) is 8.54. The Morgan fingerprint density at radius 1 is 0.560 bits per heavy atom. The molecule has 13 heteroatoms. The van der Waals surface area contributed by atoms with Gasteiger partial charge in [-0.2, -0.15) is 104 Å². The average Bonchev–Trinajstić information content (AvgIpc) is 4.09. The van der Waals surface area contributed by atoms with E-state index in [1.54, 1.807) is 11.3 Å². The number of pyridine rings is 1. The number of rotatable bonds is 5. The van der Waals surface area contributed by atoms with Crippen LogP contribution in [0.15, 0.2) is 4.42 Å². The summed E-state index contributed by atoms with van der Waals surface area (Å²) in [4.78, 5) is 23.8. The van der Waals surface area contributed by atoms with Crippen LogP contribution in [0.1, 0.15) is 223 Å². The van der Waals surface area contributed by atoms with Crippen LogP contribution in [0, 0.1) is 155 Å². The summed E-state index contributed by atoms with van der Waals surface area (Å²) in [6.45, 7) is 72.6. The number of aromatic amines is 1. The number of aryl methyl sites for hydroxylation is 12. The van der Waals surface area contributed by atoms with Crippen molar-refractivity contribution in [1.82, 2.24) is 34.1 Å². The Balaban J connectivity index is -0.000000466. The van der Waals surface area contributed by atoms with Crippen molar-refractivity contribution >= 4 is 54.9 Å². The predicted molar refractivity (Wildman–Crippen MR) is 352 cm³/mol. The van der Waals surface area contributed by atoms with Crippen LogP contribution >= 0.6 is 11.3 Å². The van der Waals surface area contributed by atoms with Crippen molar-refractivity contribution in [3.05, 3.63) is 127 Å². The van der Waals surface area contributed by atoms with Gasteiger partial charge >= 0.3 is 84.3 Å². The molecule has 6 heterocycles. The summed E-state index contributed by atoms with van der Waals surface area (Å²) in [6.07, 6.45) is 8.66. The number of imidazole rings is 2. The second kappa shape index (κ2) is 39.9. The summed E-state index contributed by atoms with van der Waals surface area (Å²) >= 11 is 1.69. The first-order chi connectivity index (χ1) is 36.7. The molecule has 8 rings (SSSR count). The molecule has 8 nitrogen and oxygen atoms in total. The molecular formula is C71H111N7OSW4. The number of nitrogens with zero attached hydrogens (tertiary/aromatic N) is 6. The van der Waals surface area contributed by atoms with Gasteiger partial charge in [0.2, 0.25) is 0 Å². The quantitative estimate of drug-likeness (QED) is 0.173. The second-order valence-electron chi connectivity index (χ2n) is 27.0. The molecule has 0 aliphatic heterocycles. The van der Waals surface area contributed by atoms with Crippen molar-refractivity contribution in [2.24, 2.45) is 22.2 Å². The van der Waals surface area contributed by atoms with Crippen LogP contribution in [-0.2, 0) is 110 Å². The van der Waals surface area contributed by atoms with Gasteiger partial charge in [0.05, 0.1) is 11.6 Å². The molecule has 0 radical (unpaired) electrons. The van der Waals surface area contributed by atoms with Gasteiger partial charge in [-0.1, -0.05) is 144 Å². The smallest absolute Gasteiger partial charge is 0.572 e. The average molecular weight is 1850 g/mol. The normalized spacial score (nSPS) is 10.9. The topological polar surface area (TPSA) is 90.3 Å². The molecule has 84 heavy (non-hydrogen) atoms. The number of nitrogens with one attached hydrogen (secondary N) is 1. The first kappa shape index (κ1) is 88.4. The van der Waals surface area contributed by atoms with Crippen molar-refractivity contribution < 1.29 is 88.7 Å². The van der Waals surface area contributed by atoms with Gasteiger partial charge in [-0.3, -0.25) is 9.97 Å². The summed E-state index contributed by atoms with van der Waals surface area (Å²) in [5.74, 6) is 5.70. The van der Waals surface area contributed by atoms with Gasteiger partial charge in [0.1, 0.15) is 6.39 Å². The summed E-state index contributed by atoms with van der Waals surface area (Å²) < 4.78 is 9.99. The van der Waals surface area contributed by atoms with Crippen molar-refractivity contribution in [1.29, 1.82) is 0 Å². The Morgan fingerprint density at radius 2 is 0.988 bits per heavy atom. The van der Waals surface area contributed by atoms with Crippen LogP contribution in [0.4, 0.5) is 0 Å². The first-order valence-electron chi connectivity index (χ1n) is 29.0. The minimum atomic E-state index is 0.